The summed E-state index contributed by atoms with van der Waals surface area (Å²) in [5.74, 6) is -2.96. The first-order chi connectivity index (χ1) is 20.2. The molecule has 0 radical (unpaired) electrons. The highest BCUT2D eigenvalue weighted by Gasteiger charge is 2.34. The lowest BCUT2D eigenvalue weighted by atomic mass is 9.96. The number of fused-ring (bicyclic) bond motifs is 1. The van der Waals surface area contributed by atoms with E-state index in [2.05, 4.69) is 5.32 Å². The van der Waals surface area contributed by atoms with Crippen molar-refractivity contribution in [2.75, 3.05) is 31.7 Å². The van der Waals surface area contributed by atoms with Crippen molar-refractivity contribution >= 4 is 51.7 Å². The molecule has 1 fully saturated rings. The molecule has 1 amide bonds. The molecule has 0 bridgehead atoms. The fourth-order valence-electron chi connectivity index (χ4n) is 5.28. The highest BCUT2D eigenvalue weighted by molar-refractivity contribution is 6.35. The molecule has 3 aromatic rings. The van der Waals surface area contributed by atoms with Crippen LogP contribution < -0.4 is 20.4 Å². The minimum atomic E-state index is -4.76. The molecule has 1 N–H and O–H groups in total. The number of ether oxygens (including phenoxy) is 2. The molecule has 1 aliphatic rings. The largest absolute Gasteiger partial charge is 0.492 e. The normalized spacial score (nSPS) is 14.2. The van der Waals surface area contributed by atoms with E-state index >= 15 is 4.39 Å². The van der Waals surface area contributed by atoms with Crippen molar-refractivity contribution in [1.82, 2.24) is 9.88 Å². The molecule has 1 aromatic heterocycles. The van der Waals surface area contributed by atoms with Crippen molar-refractivity contribution in [2.24, 2.45) is 5.92 Å². The van der Waals surface area contributed by atoms with Crippen molar-refractivity contribution < 1.29 is 36.6 Å². The molecular formula is C29H29Cl2F4N3O5. The molecule has 14 heteroatoms. The highest BCUT2D eigenvalue weighted by Crippen LogP contribution is 2.40. The van der Waals surface area contributed by atoms with Gasteiger partial charge in [0.1, 0.15) is 17.8 Å². The molecule has 2 aromatic carbocycles. The number of esters is 1. The predicted molar refractivity (Wildman–Crippen MR) is 155 cm³/mol. The van der Waals surface area contributed by atoms with E-state index in [1.807, 2.05) is 0 Å². The number of nitrogens with one attached hydrogen (secondary N) is 1. The van der Waals surface area contributed by atoms with Gasteiger partial charge < -0.3 is 24.3 Å². The molecular weight excluding hydrogens is 617 g/mol. The van der Waals surface area contributed by atoms with Crippen LogP contribution in [0.15, 0.2) is 29.2 Å². The van der Waals surface area contributed by atoms with Crippen LogP contribution in [0.4, 0.5) is 23.2 Å². The van der Waals surface area contributed by atoms with Gasteiger partial charge in [-0.3, -0.25) is 14.4 Å². The topological polar surface area (TPSA) is 89.9 Å². The molecule has 8 nitrogen and oxygen atoms in total. The van der Waals surface area contributed by atoms with Crippen LogP contribution in [0.1, 0.15) is 41.3 Å². The van der Waals surface area contributed by atoms with Crippen molar-refractivity contribution in [2.45, 2.75) is 46.0 Å². The van der Waals surface area contributed by atoms with Crippen LogP contribution in [0.3, 0.4) is 0 Å². The number of carbonyl (C=O) groups excluding carboxylic acids is 2. The molecule has 0 unspecified atom stereocenters. The lowest BCUT2D eigenvalue weighted by Gasteiger charge is -2.34. The summed E-state index contributed by atoms with van der Waals surface area (Å²) in [4.78, 5) is 40.3. The van der Waals surface area contributed by atoms with Crippen LogP contribution in [-0.2, 0) is 22.6 Å². The van der Waals surface area contributed by atoms with E-state index in [1.54, 1.807) is 24.8 Å². The number of amides is 1. The smallest absolute Gasteiger partial charge is 0.406 e. The Morgan fingerprint density at radius 1 is 1.14 bits per heavy atom. The Morgan fingerprint density at radius 2 is 1.81 bits per heavy atom. The number of anilines is 1. The van der Waals surface area contributed by atoms with E-state index < -0.39 is 46.7 Å². The van der Waals surface area contributed by atoms with Crippen molar-refractivity contribution in [3.63, 3.8) is 0 Å². The van der Waals surface area contributed by atoms with Crippen LogP contribution in [0.5, 0.6) is 5.75 Å². The van der Waals surface area contributed by atoms with Gasteiger partial charge in [-0.05, 0) is 56.0 Å². The zero-order valence-electron chi connectivity index (χ0n) is 23.5. The molecule has 0 aliphatic carbocycles. The van der Waals surface area contributed by atoms with E-state index in [9.17, 15) is 27.6 Å². The maximum atomic E-state index is 15.7. The number of piperidine rings is 1. The second-order valence-electron chi connectivity index (χ2n) is 10.1. The second kappa shape index (κ2) is 13.0. The average molecular weight is 646 g/mol. The molecule has 232 valence electrons. The Labute approximate surface area is 254 Å². The van der Waals surface area contributed by atoms with Gasteiger partial charge in [-0.1, -0.05) is 23.2 Å². The fourth-order valence-corrected chi connectivity index (χ4v) is 5.94. The maximum absolute atomic E-state index is 15.7. The van der Waals surface area contributed by atoms with Gasteiger partial charge in [0.25, 0.3) is 5.91 Å². The first-order valence-corrected chi connectivity index (χ1v) is 14.2. The van der Waals surface area contributed by atoms with E-state index in [0.29, 0.717) is 33.6 Å². The van der Waals surface area contributed by atoms with Crippen molar-refractivity contribution in [3.8, 4) is 5.75 Å². The number of aromatic nitrogens is 1. The summed E-state index contributed by atoms with van der Waals surface area (Å²) in [5, 5.41) is 2.68. The summed E-state index contributed by atoms with van der Waals surface area (Å²) in [5.41, 5.74) is -0.908. The van der Waals surface area contributed by atoms with Gasteiger partial charge in [0.15, 0.2) is 11.6 Å². The number of aryl methyl sites for hydroxylation is 1. The van der Waals surface area contributed by atoms with Gasteiger partial charge in [0.2, 0.25) is 5.43 Å². The summed E-state index contributed by atoms with van der Waals surface area (Å²) in [6, 6.07) is 3.90. The lowest BCUT2D eigenvalue weighted by molar-refractivity contribution is -0.148. The zero-order valence-corrected chi connectivity index (χ0v) is 25.1. The maximum Gasteiger partial charge on any atom is 0.406 e. The number of halogens is 6. The number of hydrogen-bond donors (Lipinski definition) is 1. The van der Waals surface area contributed by atoms with Gasteiger partial charge in [-0.2, -0.15) is 13.2 Å². The minimum Gasteiger partial charge on any atom is -0.492 e. The summed E-state index contributed by atoms with van der Waals surface area (Å²) in [7, 11) is 1.16. The third kappa shape index (κ3) is 7.01. The molecule has 0 spiro atoms. The third-order valence-electron chi connectivity index (χ3n) is 7.28. The summed E-state index contributed by atoms with van der Waals surface area (Å²) in [6.07, 6.45) is -3.32. The number of methoxy groups -OCH3 is 1. The minimum absolute atomic E-state index is 0.141. The second-order valence-corrected chi connectivity index (χ2v) is 11.0. The van der Waals surface area contributed by atoms with E-state index in [1.165, 1.54) is 6.07 Å². The number of benzene rings is 2. The summed E-state index contributed by atoms with van der Waals surface area (Å²) < 4.78 is 68.1. The standard InChI is InChI=1S/C29H29Cl2F4N3O5/c1-4-43-28(41)16-5-7-37(8-6-16)24-22(32)11-18-23(26(24)42-3)38(14-29(33,34)35)13-20(25(18)39)27(40)36-12-19-15(2)9-17(30)10-21(19)31/h9-11,13,16H,4-8,12,14H2,1-3H3,(H,36,40). The van der Waals surface area contributed by atoms with Crippen molar-refractivity contribution in [3.05, 3.63) is 67.2 Å². The molecule has 1 saturated heterocycles. The first-order valence-electron chi connectivity index (χ1n) is 13.4. The van der Waals surface area contributed by atoms with Crippen LogP contribution >= 0.6 is 23.2 Å². The van der Waals surface area contributed by atoms with Gasteiger partial charge in [-0.15, -0.1) is 0 Å². The van der Waals surface area contributed by atoms with Crippen molar-refractivity contribution in [1.29, 1.82) is 0 Å². The quantitative estimate of drug-likeness (QED) is 0.237. The Hall–Kier alpha value is -3.51. The lowest BCUT2D eigenvalue weighted by Crippen LogP contribution is -2.38. The number of rotatable bonds is 8. The Balaban J connectivity index is 1.77. The third-order valence-corrected chi connectivity index (χ3v) is 7.84. The van der Waals surface area contributed by atoms with E-state index in [0.717, 1.165) is 19.4 Å². The number of hydrogen-bond acceptors (Lipinski definition) is 6. The predicted octanol–water partition coefficient (Wildman–Crippen LogP) is 6.04. The molecule has 2 heterocycles. The Kier molecular flexibility index (Phi) is 9.80. The molecule has 4 rings (SSSR count). The van der Waals surface area contributed by atoms with Crippen LogP contribution in [-0.4, -0.2) is 49.4 Å². The van der Waals surface area contributed by atoms with Crippen LogP contribution in [0.25, 0.3) is 10.9 Å². The number of carbonyl (C=O) groups is 2. The molecule has 0 saturated carbocycles. The Morgan fingerprint density at radius 3 is 2.40 bits per heavy atom. The Bertz CT molecular complexity index is 1600. The molecule has 1 aliphatic heterocycles. The number of alkyl halides is 3. The molecule has 0 atom stereocenters. The fraction of sp³-hybridized carbons (Fsp3) is 0.414. The van der Waals surface area contributed by atoms with Crippen LogP contribution in [0.2, 0.25) is 10.0 Å². The number of nitrogens with zero attached hydrogens (tertiary/aromatic N) is 2. The molecule has 43 heavy (non-hydrogen) atoms. The first kappa shape index (κ1) is 32.4. The highest BCUT2D eigenvalue weighted by atomic mass is 35.5. The van der Waals surface area contributed by atoms with E-state index in [4.69, 9.17) is 32.7 Å². The van der Waals surface area contributed by atoms with Gasteiger partial charge >= 0.3 is 12.1 Å². The van der Waals surface area contributed by atoms with Gasteiger partial charge in [0, 0.05) is 35.9 Å². The summed E-state index contributed by atoms with van der Waals surface area (Å²) in [6.45, 7) is 2.27. The zero-order chi connectivity index (χ0) is 31.6. The van der Waals surface area contributed by atoms with Crippen LogP contribution in [0, 0.1) is 18.7 Å². The summed E-state index contributed by atoms with van der Waals surface area (Å²) >= 11 is 12.2. The van der Waals surface area contributed by atoms with E-state index in [-0.39, 0.29) is 54.2 Å². The SMILES string of the molecule is CCOC(=O)C1CCN(c2c(F)cc3c(=O)c(C(=O)NCc4c(C)cc(Cl)cc4Cl)cn(CC(F)(F)F)c3c2OC)CC1. The van der Waals surface area contributed by atoms with Gasteiger partial charge in [-0.25, -0.2) is 4.39 Å². The monoisotopic (exact) mass is 645 g/mol. The average Bonchev–Trinajstić information content (AvgIpc) is 2.92. The van der Waals surface area contributed by atoms with Gasteiger partial charge in [0.05, 0.1) is 30.5 Å². The number of pyridine rings is 1.